The van der Waals surface area contributed by atoms with Gasteiger partial charge in [0.05, 0.1) is 13.0 Å². The van der Waals surface area contributed by atoms with E-state index in [4.69, 9.17) is 4.98 Å². The number of carbonyl (C=O) groups is 2. The Balaban J connectivity index is 1.63. The molecule has 0 radical (unpaired) electrons. The van der Waals surface area contributed by atoms with E-state index < -0.39 is 0 Å². The Morgan fingerprint density at radius 1 is 1.30 bits per heavy atom. The first kappa shape index (κ1) is 17.4. The van der Waals surface area contributed by atoms with Crippen molar-refractivity contribution in [3.8, 4) is 0 Å². The van der Waals surface area contributed by atoms with Crippen molar-refractivity contribution >= 4 is 17.6 Å². The van der Waals surface area contributed by atoms with Crippen LogP contribution < -0.4 is 4.90 Å². The number of amides is 2. The van der Waals surface area contributed by atoms with Crippen LogP contribution in [0, 0.1) is 6.92 Å². The number of hydrogen-bond acceptors (Lipinski definition) is 4. The van der Waals surface area contributed by atoms with Gasteiger partial charge in [0.15, 0.2) is 0 Å². The molecule has 0 N–H and O–H groups in total. The molecular weight excluding hydrogens is 340 g/mol. The van der Waals surface area contributed by atoms with Gasteiger partial charge in [0, 0.05) is 30.3 Å². The topological polar surface area (TPSA) is 66.4 Å². The second-order valence-corrected chi connectivity index (χ2v) is 7.09. The van der Waals surface area contributed by atoms with Crippen molar-refractivity contribution in [3.05, 3.63) is 65.6 Å². The maximum atomic E-state index is 12.6. The summed E-state index contributed by atoms with van der Waals surface area (Å²) < 4.78 is 0. The number of anilines is 1. The van der Waals surface area contributed by atoms with E-state index in [1.807, 2.05) is 37.3 Å². The zero-order valence-electron chi connectivity index (χ0n) is 15.4. The van der Waals surface area contributed by atoms with Crippen molar-refractivity contribution in [2.75, 3.05) is 18.0 Å². The molecule has 6 heteroatoms. The third-order valence-corrected chi connectivity index (χ3v) is 5.32. The molecule has 1 aromatic heterocycles. The second kappa shape index (κ2) is 6.95. The molecule has 1 fully saturated rings. The molecule has 1 unspecified atom stereocenters. The molecule has 1 saturated heterocycles. The summed E-state index contributed by atoms with van der Waals surface area (Å²) in [5, 5.41) is 0. The standard InChI is InChI=1S/C21H22N4O2/c1-3-18(26)24-10-9-16(13-24)20-22-14(2)17-11-19(27)25(21(17)23-20)12-15-7-5-4-6-8-15/h3-8,16H,1,9-13H2,2H3. The Labute approximate surface area is 158 Å². The minimum Gasteiger partial charge on any atom is -0.338 e. The molecule has 2 aromatic rings. The quantitative estimate of drug-likeness (QED) is 0.783. The number of hydrogen-bond donors (Lipinski definition) is 0. The Hall–Kier alpha value is -3.02. The van der Waals surface area contributed by atoms with Gasteiger partial charge in [-0.25, -0.2) is 9.97 Å². The normalized spacial score (nSPS) is 18.7. The predicted molar refractivity (Wildman–Crippen MR) is 102 cm³/mol. The summed E-state index contributed by atoms with van der Waals surface area (Å²) in [5.41, 5.74) is 2.84. The fourth-order valence-corrected chi connectivity index (χ4v) is 3.81. The number of nitrogens with zero attached hydrogens (tertiary/aromatic N) is 4. The smallest absolute Gasteiger partial charge is 0.245 e. The van der Waals surface area contributed by atoms with Crippen LogP contribution in [0.3, 0.4) is 0 Å². The molecule has 138 valence electrons. The largest absolute Gasteiger partial charge is 0.338 e. The van der Waals surface area contributed by atoms with Crippen molar-refractivity contribution in [2.45, 2.75) is 32.2 Å². The molecule has 2 aliphatic heterocycles. The molecule has 2 aliphatic rings. The molecule has 0 bridgehead atoms. The van der Waals surface area contributed by atoms with Gasteiger partial charge >= 0.3 is 0 Å². The van der Waals surface area contributed by atoms with E-state index in [1.54, 1.807) is 9.80 Å². The summed E-state index contributed by atoms with van der Waals surface area (Å²) in [5.74, 6) is 1.53. The molecule has 1 aromatic carbocycles. The molecule has 2 amide bonds. The van der Waals surface area contributed by atoms with E-state index in [2.05, 4.69) is 11.6 Å². The van der Waals surface area contributed by atoms with Crippen molar-refractivity contribution in [1.82, 2.24) is 14.9 Å². The lowest BCUT2D eigenvalue weighted by Crippen LogP contribution is -2.27. The first-order chi connectivity index (χ1) is 13.1. The average Bonchev–Trinajstić information content (AvgIpc) is 3.28. The number of likely N-dealkylation sites (tertiary alicyclic amines) is 1. The van der Waals surface area contributed by atoms with Crippen LogP contribution in [0.15, 0.2) is 43.0 Å². The molecule has 4 rings (SSSR count). The molecular formula is C21H22N4O2. The maximum absolute atomic E-state index is 12.6. The molecule has 0 spiro atoms. The number of carbonyl (C=O) groups excluding carboxylic acids is 2. The zero-order chi connectivity index (χ0) is 19.0. The SMILES string of the molecule is C=CC(=O)N1CCC(c2nc(C)c3c(n2)N(Cc2ccccc2)C(=O)C3)C1. The first-order valence-corrected chi connectivity index (χ1v) is 9.20. The van der Waals surface area contributed by atoms with Crippen molar-refractivity contribution < 1.29 is 9.59 Å². The van der Waals surface area contributed by atoms with Crippen LogP contribution in [0.1, 0.15) is 35.0 Å². The Morgan fingerprint density at radius 2 is 2.07 bits per heavy atom. The van der Waals surface area contributed by atoms with E-state index in [9.17, 15) is 9.59 Å². The fourth-order valence-electron chi connectivity index (χ4n) is 3.81. The summed E-state index contributed by atoms with van der Waals surface area (Å²) >= 11 is 0. The zero-order valence-corrected chi connectivity index (χ0v) is 15.4. The highest BCUT2D eigenvalue weighted by Crippen LogP contribution is 2.33. The van der Waals surface area contributed by atoms with Crippen LogP contribution in [0.25, 0.3) is 0 Å². The van der Waals surface area contributed by atoms with Gasteiger partial charge in [0.1, 0.15) is 11.6 Å². The molecule has 6 nitrogen and oxygen atoms in total. The third-order valence-electron chi connectivity index (χ3n) is 5.32. The van der Waals surface area contributed by atoms with Crippen molar-refractivity contribution in [3.63, 3.8) is 0 Å². The van der Waals surface area contributed by atoms with Crippen LogP contribution in [0.2, 0.25) is 0 Å². The lowest BCUT2D eigenvalue weighted by atomic mass is 10.1. The number of rotatable bonds is 4. The van der Waals surface area contributed by atoms with Gasteiger partial charge in [0.25, 0.3) is 0 Å². The monoisotopic (exact) mass is 362 g/mol. The van der Waals surface area contributed by atoms with Crippen molar-refractivity contribution in [2.24, 2.45) is 0 Å². The Bertz CT molecular complexity index is 910. The van der Waals surface area contributed by atoms with Gasteiger partial charge in [-0.3, -0.25) is 14.5 Å². The fraction of sp³-hybridized carbons (Fsp3) is 0.333. The van der Waals surface area contributed by atoms with E-state index >= 15 is 0 Å². The van der Waals surface area contributed by atoms with Gasteiger partial charge in [-0.2, -0.15) is 0 Å². The van der Waals surface area contributed by atoms with Gasteiger partial charge in [0.2, 0.25) is 11.8 Å². The molecule has 1 atom stereocenters. The van der Waals surface area contributed by atoms with Gasteiger partial charge in [-0.15, -0.1) is 0 Å². The third kappa shape index (κ3) is 3.23. The summed E-state index contributed by atoms with van der Waals surface area (Å²) in [4.78, 5) is 37.4. The van der Waals surface area contributed by atoms with E-state index in [1.165, 1.54) is 6.08 Å². The van der Waals surface area contributed by atoms with Crippen molar-refractivity contribution in [1.29, 1.82) is 0 Å². The molecule has 0 saturated carbocycles. The van der Waals surface area contributed by atoms with Gasteiger partial charge < -0.3 is 4.90 Å². The van der Waals surface area contributed by atoms with Crippen LogP contribution in [0.4, 0.5) is 5.82 Å². The minimum atomic E-state index is -0.0590. The Morgan fingerprint density at radius 3 is 2.81 bits per heavy atom. The predicted octanol–water partition coefficient (Wildman–Crippen LogP) is 2.38. The summed E-state index contributed by atoms with van der Waals surface area (Å²) in [6, 6.07) is 9.92. The number of benzene rings is 1. The first-order valence-electron chi connectivity index (χ1n) is 9.20. The maximum Gasteiger partial charge on any atom is 0.245 e. The van der Waals surface area contributed by atoms with Crippen LogP contribution in [0.5, 0.6) is 0 Å². The second-order valence-electron chi connectivity index (χ2n) is 7.09. The molecule has 3 heterocycles. The highest BCUT2D eigenvalue weighted by molar-refractivity contribution is 6.00. The van der Waals surface area contributed by atoms with Crippen LogP contribution in [-0.4, -0.2) is 39.8 Å². The summed E-state index contributed by atoms with van der Waals surface area (Å²) in [6.07, 6.45) is 2.52. The van der Waals surface area contributed by atoms with Crippen LogP contribution in [-0.2, 0) is 22.6 Å². The summed E-state index contributed by atoms with van der Waals surface area (Å²) in [7, 11) is 0. The number of fused-ring (bicyclic) bond motifs is 1. The highest BCUT2D eigenvalue weighted by atomic mass is 16.2. The highest BCUT2D eigenvalue weighted by Gasteiger charge is 2.34. The van der Waals surface area contributed by atoms with E-state index in [0.717, 1.165) is 34.9 Å². The van der Waals surface area contributed by atoms with E-state index in [-0.39, 0.29) is 17.7 Å². The Kier molecular flexibility index (Phi) is 4.48. The lowest BCUT2D eigenvalue weighted by Gasteiger charge is -2.19. The lowest BCUT2D eigenvalue weighted by molar-refractivity contribution is -0.125. The summed E-state index contributed by atoms with van der Waals surface area (Å²) in [6.45, 7) is 7.27. The molecule has 0 aliphatic carbocycles. The number of aromatic nitrogens is 2. The van der Waals surface area contributed by atoms with Gasteiger partial charge in [-0.05, 0) is 25.0 Å². The van der Waals surface area contributed by atoms with E-state index in [0.29, 0.717) is 26.1 Å². The minimum absolute atomic E-state index is 0.0540. The average molecular weight is 362 g/mol. The molecule has 27 heavy (non-hydrogen) atoms. The van der Waals surface area contributed by atoms with Crippen LogP contribution >= 0.6 is 0 Å². The number of aryl methyl sites for hydroxylation is 1. The van der Waals surface area contributed by atoms with Gasteiger partial charge in [-0.1, -0.05) is 36.9 Å².